The molecule has 139 heavy (non-hydrogen) atoms. The maximum absolute atomic E-state index is 15.2. The average Bonchev–Trinajstić information content (AvgIpc) is 1.62. The Kier molecular flexibility index (Phi) is 32.6. The minimum absolute atomic E-state index is 0.0127. The standard InChI is InChI=1S/C34H31F5N4O5.C32H34F5N3O5.C31H29F8N3O4/c1-18(44)27(14-20-11-12-23(29-22(20)10-7-13-48-29)24-17-42(2)33(47)43(3)32(24)46)41-31(45)28-25(35)15-21(16-26(28)36)40-30(34(37,38)39)19-8-5-4-6-9-19;1-6-26(32(35,36)37)38-19-14-22(33)28(23(34)15-19)30(42)39-24(17(3)41)13-18-9-10-21(29-20(18)8-7-11-45-29)27-25(44-5)12-16(2)40(4)31(27)43;1-5-25(31(37,38)39)40-17-10-22(32)27(23(33)11-17)28(44)41-24(15(3)43)9-16-6-7-18(20-13-46-12-19(16)20)26-21(30(34,35)36)8-14(2)42(4)29(26)45/h4-6,8-9,11-12,15-17,27,30,40H,7,10,13-14H2,1-3H3,(H,41,45);9-10,12,14-15,24,26,38H,6-8,11,13H2,1-5H3,(H,39,42);6-8,10-11,24-25,40H,5,9,12-13H2,1-4H3,(H,41,44)/t27-,30+;24-,26+;24-,25+/m000/s1. The zero-order valence-corrected chi connectivity index (χ0v) is 76.5. The highest BCUT2D eigenvalue weighted by molar-refractivity contribution is 6.00. The lowest BCUT2D eigenvalue weighted by Crippen LogP contribution is -2.42. The quantitative estimate of drug-likeness (QED) is 0.0248. The highest BCUT2D eigenvalue weighted by Gasteiger charge is 2.44. The maximum atomic E-state index is 15.2. The van der Waals surface area contributed by atoms with Crippen molar-refractivity contribution in [2.45, 2.75) is 180 Å². The zero-order chi connectivity index (χ0) is 102. The first kappa shape index (κ1) is 105. The number of carbonyl (C=O) groups is 6. The Bertz CT molecular complexity index is 6620. The summed E-state index contributed by atoms with van der Waals surface area (Å²) in [5.41, 5.74) is -3.06. The van der Waals surface area contributed by atoms with Crippen molar-refractivity contribution in [1.29, 1.82) is 0 Å². The van der Waals surface area contributed by atoms with Crippen LogP contribution in [0, 0.1) is 48.8 Å². The predicted molar refractivity (Wildman–Crippen MR) is 476 cm³/mol. The number of rotatable bonds is 28. The number of carbonyl (C=O) groups excluding carboxylic acids is 6. The number of methoxy groups -OCH3 is 1. The molecule has 0 unspecified atom stereocenters. The third kappa shape index (κ3) is 23.7. The molecule has 6 N–H and O–H groups in total. The van der Waals surface area contributed by atoms with Crippen LogP contribution in [0.2, 0.25) is 0 Å². The van der Waals surface area contributed by atoms with Gasteiger partial charge in [0.1, 0.15) is 87.0 Å². The molecule has 13 rings (SSSR count). The molecule has 3 aromatic heterocycles. The molecule has 742 valence electrons. The second-order valence-corrected chi connectivity index (χ2v) is 33.4. The molecule has 0 spiro atoms. The summed E-state index contributed by atoms with van der Waals surface area (Å²) in [6.07, 6.45) is -16.5. The second-order valence-electron chi connectivity index (χ2n) is 33.4. The number of aryl methyl sites for hydroxylation is 3. The normalized spacial score (nSPS) is 14.2. The van der Waals surface area contributed by atoms with Crippen molar-refractivity contribution in [3.8, 4) is 50.6 Å². The number of hydrogen-bond acceptors (Lipinski definition) is 17. The van der Waals surface area contributed by atoms with Crippen LogP contribution in [-0.2, 0) is 98.8 Å². The SMILES string of the molecule is CC(=O)[C@H](Cc1ccc(-c2cn(C)c(=O)n(C)c2=O)c2c1CCCO2)NC(=O)c1c(F)cc(N[C@H](c2ccccc2)C(F)(F)F)cc1F.CC[C@@H](Nc1cc(F)c(C(=O)N[C@@H](Cc2ccc(-c3c(C(F)(F)F)cc(C)n(C)c3=O)c3c2COC3)C(C)=O)c(F)c1)C(F)(F)F.CC[C@@H](Nc1cc(F)c(C(=O)N[C@@H](Cc2ccc(-c3c(OC)cc(C)n(C)c3=O)c3c2CCCO3)C(C)=O)c(F)c1)C(F)(F)F. The second kappa shape index (κ2) is 43.0. The molecule has 6 atom stereocenters. The van der Waals surface area contributed by atoms with E-state index >= 15 is 8.78 Å². The van der Waals surface area contributed by atoms with Crippen LogP contribution in [0.15, 0.2) is 141 Å². The number of nitrogens with zero attached hydrogens (tertiary/aromatic N) is 4. The summed E-state index contributed by atoms with van der Waals surface area (Å²) in [6, 6.07) is 11.8. The summed E-state index contributed by atoms with van der Waals surface area (Å²) in [4.78, 5) is 128. The number of ether oxygens (including phenoxy) is 4. The molecule has 3 aliphatic heterocycles. The number of benzene rings is 7. The van der Waals surface area contributed by atoms with Gasteiger partial charge in [-0.15, -0.1) is 0 Å². The van der Waals surface area contributed by atoms with Gasteiger partial charge in [-0.2, -0.15) is 52.7 Å². The van der Waals surface area contributed by atoms with Crippen LogP contribution in [0.4, 0.5) is 96.1 Å². The summed E-state index contributed by atoms with van der Waals surface area (Å²) >= 11 is 0. The molecule has 10 aromatic rings. The lowest BCUT2D eigenvalue weighted by atomic mass is 9.89. The van der Waals surface area contributed by atoms with Crippen molar-refractivity contribution in [3.63, 3.8) is 0 Å². The molecule has 0 saturated heterocycles. The van der Waals surface area contributed by atoms with Crippen molar-refractivity contribution in [3.05, 3.63) is 276 Å². The molecule has 0 radical (unpaired) electrons. The van der Waals surface area contributed by atoms with Crippen LogP contribution < -0.4 is 68.5 Å². The van der Waals surface area contributed by atoms with Crippen molar-refractivity contribution in [1.82, 2.24) is 34.2 Å². The lowest BCUT2D eigenvalue weighted by Gasteiger charge is -2.26. The number of hydrogen-bond donors (Lipinski definition) is 6. The molecule has 0 fully saturated rings. The number of pyridine rings is 2. The van der Waals surface area contributed by atoms with Crippen LogP contribution in [0.5, 0.6) is 17.2 Å². The van der Waals surface area contributed by atoms with Gasteiger partial charge in [0.15, 0.2) is 17.3 Å². The summed E-state index contributed by atoms with van der Waals surface area (Å²) in [7, 11) is 7.30. The summed E-state index contributed by atoms with van der Waals surface area (Å²) in [5.74, 6) is -12.9. The summed E-state index contributed by atoms with van der Waals surface area (Å²) in [5, 5.41) is 13.1. The van der Waals surface area contributed by atoms with Gasteiger partial charge in [-0.1, -0.05) is 80.6 Å². The Labute approximate surface area is 781 Å². The number of alkyl halides is 12. The monoisotopic (exact) mass is 1960 g/mol. The van der Waals surface area contributed by atoms with Crippen LogP contribution in [-0.4, -0.2) is 122 Å². The Hall–Kier alpha value is -14.0. The fourth-order valence-corrected chi connectivity index (χ4v) is 16.4. The lowest BCUT2D eigenvalue weighted by molar-refractivity contribution is -0.144. The topological polar surface area (TPSA) is 300 Å². The van der Waals surface area contributed by atoms with E-state index in [2.05, 4.69) is 21.3 Å². The fourth-order valence-electron chi connectivity index (χ4n) is 16.4. The minimum Gasteiger partial charge on any atom is -0.496 e. The van der Waals surface area contributed by atoms with E-state index in [4.69, 9.17) is 18.9 Å². The largest absolute Gasteiger partial charge is 0.496 e. The van der Waals surface area contributed by atoms with E-state index in [9.17, 15) is 118 Å². The van der Waals surface area contributed by atoms with Gasteiger partial charge in [0.2, 0.25) is 0 Å². The van der Waals surface area contributed by atoms with Crippen molar-refractivity contribution < 1.29 is 127 Å². The number of nitrogens with one attached hydrogen (secondary N) is 6. The number of anilines is 3. The Balaban J connectivity index is 0.000000200. The van der Waals surface area contributed by atoms with E-state index in [0.717, 1.165) is 22.1 Å². The van der Waals surface area contributed by atoms with Crippen molar-refractivity contribution in [2.24, 2.45) is 28.2 Å². The third-order valence-electron chi connectivity index (χ3n) is 24.0. The molecule has 0 bridgehead atoms. The van der Waals surface area contributed by atoms with E-state index in [1.54, 1.807) is 44.3 Å². The third-order valence-corrected chi connectivity index (χ3v) is 24.0. The van der Waals surface area contributed by atoms with Gasteiger partial charge in [-0.05, 0) is 166 Å². The number of halogens is 18. The molecular weight excluding hydrogens is 1870 g/mol. The highest BCUT2D eigenvalue weighted by Crippen LogP contribution is 2.45. The zero-order valence-electron chi connectivity index (χ0n) is 76.5. The number of fused-ring (bicyclic) bond motifs is 3. The highest BCUT2D eigenvalue weighted by atomic mass is 19.4. The van der Waals surface area contributed by atoms with Gasteiger partial charge in [0, 0.05) is 99.3 Å². The van der Waals surface area contributed by atoms with Crippen LogP contribution >= 0.6 is 0 Å². The van der Waals surface area contributed by atoms with Crippen LogP contribution in [0.1, 0.15) is 159 Å². The Morgan fingerprint density at radius 3 is 1.22 bits per heavy atom. The summed E-state index contributed by atoms with van der Waals surface area (Å²) in [6.45, 7) is 9.64. The number of amides is 3. The van der Waals surface area contributed by atoms with Gasteiger partial charge < -0.3 is 64.5 Å². The molecule has 3 amide bonds. The molecule has 42 heteroatoms. The number of aromatic nitrogens is 4. The summed E-state index contributed by atoms with van der Waals surface area (Å²) < 4.78 is 280. The smallest absolute Gasteiger partial charge is 0.417 e. The van der Waals surface area contributed by atoms with E-state index in [1.807, 2.05) is 10.6 Å². The molecule has 0 aliphatic carbocycles. The molecule has 24 nitrogen and oxygen atoms in total. The van der Waals surface area contributed by atoms with E-state index in [0.29, 0.717) is 148 Å². The first-order chi connectivity index (χ1) is 65.2. The van der Waals surface area contributed by atoms with E-state index in [-0.39, 0.29) is 72.4 Å². The van der Waals surface area contributed by atoms with E-state index in [1.165, 1.54) is 121 Å². The van der Waals surface area contributed by atoms with Crippen molar-refractivity contribution >= 4 is 52.1 Å². The van der Waals surface area contributed by atoms with Gasteiger partial charge in [-0.25, -0.2) is 31.1 Å². The first-order valence-corrected chi connectivity index (χ1v) is 43.2. The van der Waals surface area contributed by atoms with Gasteiger partial charge in [-0.3, -0.25) is 47.7 Å². The molecule has 3 aliphatic rings. The van der Waals surface area contributed by atoms with Gasteiger partial charge in [0.25, 0.3) is 34.4 Å². The molecular formula is C97H94F18N10O14. The van der Waals surface area contributed by atoms with Gasteiger partial charge in [0.05, 0.1) is 73.9 Å². The molecule has 0 saturated carbocycles. The molecule has 6 heterocycles. The molecule has 7 aromatic carbocycles. The van der Waals surface area contributed by atoms with Crippen molar-refractivity contribution in [2.75, 3.05) is 36.3 Å². The number of ketones is 3. The van der Waals surface area contributed by atoms with Crippen LogP contribution in [0.3, 0.4) is 0 Å². The fraction of sp³-hybridized carbons (Fsp3) is 0.361. The number of Topliss-reactive ketones (excluding diaryl/α,β-unsaturated/α-hetero) is 3. The minimum atomic E-state index is -4.85. The Morgan fingerprint density at radius 1 is 0.439 bits per heavy atom. The van der Waals surface area contributed by atoms with E-state index < -0.39 is 199 Å². The van der Waals surface area contributed by atoms with Gasteiger partial charge >= 0.3 is 30.4 Å². The first-order valence-electron chi connectivity index (χ1n) is 43.2. The Morgan fingerprint density at radius 2 is 0.820 bits per heavy atom. The maximum Gasteiger partial charge on any atom is 0.417 e. The predicted octanol–water partition coefficient (Wildman–Crippen LogP) is 17.0. The average molecular weight is 1970 g/mol. The van der Waals surface area contributed by atoms with Crippen LogP contribution in [0.25, 0.3) is 33.4 Å².